The molecule has 1 heterocycles. The summed E-state index contributed by atoms with van der Waals surface area (Å²) in [6.45, 7) is 4.26. The molecule has 1 N–H and O–H groups in total. The summed E-state index contributed by atoms with van der Waals surface area (Å²) in [5, 5.41) is 0. The highest BCUT2D eigenvalue weighted by molar-refractivity contribution is 7.98. The number of nitrogens with zero attached hydrogens (tertiary/aromatic N) is 1. The van der Waals surface area contributed by atoms with Gasteiger partial charge in [-0.1, -0.05) is 18.2 Å². The van der Waals surface area contributed by atoms with Gasteiger partial charge in [-0.25, -0.2) is 4.39 Å². The van der Waals surface area contributed by atoms with Gasteiger partial charge in [0.25, 0.3) is 5.91 Å². The van der Waals surface area contributed by atoms with Crippen molar-refractivity contribution in [2.45, 2.75) is 11.4 Å². The predicted molar refractivity (Wildman–Crippen MR) is 94.9 cm³/mol. The molecule has 3 rings (SSSR count). The minimum atomic E-state index is -0.362. The summed E-state index contributed by atoms with van der Waals surface area (Å²) in [6.07, 6.45) is 2.08. The number of quaternary nitrogens is 1. The van der Waals surface area contributed by atoms with Crippen molar-refractivity contribution in [3.63, 3.8) is 0 Å². The van der Waals surface area contributed by atoms with E-state index in [9.17, 15) is 9.18 Å². The summed E-state index contributed by atoms with van der Waals surface area (Å²) in [7, 11) is 0. The molecule has 2 aromatic carbocycles. The summed E-state index contributed by atoms with van der Waals surface area (Å²) in [6, 6.07) is 14.6. The van der Waals surface area contributed by atoms with Crippen LogP contribution in [0, 0.1) is 5.82 Å². The molecule has 0 radical (unpaired) electrons. The zero-order valence-electron chi connectivity index (χ0n) is 13.8. The van der Waals surface area contributed by atoms with Crippen LogP contribution in [0.2, 0.25) is 0 Å². The molecule has 2 aromatic rings. The molecule has 1 fully saturated rings. The Morgan fingerprint density at radius 2 is 1.88 bits per heavy atom. The van der Waals surface area contributed by atoms with Gasteiger partial charge >= 0.3 is 0 Å². The third-order valence-electron chi connectivity index (χ3n) is 4.44. The number of thioether (sulfide) groups is 1. The van der Waals surface area contributed by atoms with E-state index in [0.717, 1.165) is 19.6 Å². The third-order valence-corrected chi connectivity index (χ3v) is 5.19. The van der Waals surface area contributed by atoms with E-state index in [-0.39, 0.29) is 11.7 Å². The van der Waals surface area contributed by atoms with Gasteiger partial charge in [0.05, 0.1) is 26.2 Å². The Hall–Kier alpha value is -1.85. The van der Waals surface area contributed by atoms with Crippen molar-refractivity contribution in [1.82, 2.24) is 4.90 Å². The van der Waals surface area contributed by atoms with Crippen LogP contribution in [0.4, 0.5) is 4.39 Å². The number of piperazine rings is 1. The third kappa shape index (κ3) is 4.16. The maximum Gasteiger partial charge on any atom is 0.254 e. The first-order valence-corrected chi connectivity index (χ1v) is 9.39. The predicted octanol–water partition coefficient (Wildman–Crippen LogP) is 2.09. The maximum absolute atomic E-state index is 13.3. The molecule has 0 spiro atoms. The molecule has 1 amide bonds. The lowest BCUT2D eigenvalue weighted by molar-refractivity contribution is -0.917. The first-order chi connectivity index (χ1) is 11.7. The van der Waals surface area contributed by atoms with Crippen LogP contribution in [0.1, 0.15) is 15.9 Å². The van der Waals surface area contributed by atoms with Gasteiger partial charge in [0.2, 0.25) is 0 Å². The number of halogens is 1. The molecule has 24 heavy (non-hydrogen) atoms. The van der Waals surface area contributed by atoms with Gasteiger partial charge < -0.3 is 9.80 Å². The fourth-order valence-corrected chi connectivity index (χ4v) is 3.45. The van der Waals surface area contributed by atoms with E-state index in [1.807, 2.05) is 4.90 Å². The zero-order chi connectivity index (χ0) is 16.9. The molecule has 5 heteroatoms. The SMILES string of the molecule is CSc1ccc(C[NH+]2CCN(C(=O)c3cccc(F)c3)CC2)cc1. The van der Waals surface area contributed by atoms with E-state index >= 15 is 0 Å². The Morgan fingerprint density at radius 1 is 1.17 bits per heavy atom. The fraction of sp³-hybridized carbons (Fsp3) is 0.316. The van der Waals surface area contributed by atoms with E-state index in [4.69, 9.17) is 0 Å². The van der Waals surface area contributed by atoms with E-state index < -0.39 is 0 Å². The van der Waals surface area contributed by atoms with Crippen molar-refractivity contribution in [3.05, 3.63) is 65.5 Å². The monoisotopic (exact) mass is 345 g/mol. The molecule has 0 aromatic heterocycles. The minimum Gasteiger partial charge on any atom is -0.328 e. The average molecular weight is 345 g/mol. The fourth-order valence-electron chi connectivity index (χ4n) is 3.04. The lowest BCUT2D eigenvalue weighted by Gasteiger charge is -2.32. The summed E-state index contributed by atoms with van der Waals surface area (Å²) in [4.78, 5) is 17.0. The molecule has 0 aliphatic carbocycles. The van der Waals surface area contributed by atoms with Crippen LogP contribution in [0.25, 0.3) is 0 Å². The second-order valence-corrected chi connectivity index (χ2v) is 6.96. The van der Waals surface area contributed by atoms with E-state index in [1.54, 1.807) is 23.9 Å². The largest absolute Gasteiger partial charge is 0.328 e. The van der Waals surface area contributed by atoms with Gasteiger partial charge in [0.15, 0.2) is 0 Å². The Bertz CT molecular complexity index is 697. The van der Waals surface area contributed by atoms with Gasteiger partial charge in [0, 0.05) is 16.0 Å². The number of hydrogen-bond donors (Lipinski definition) is 1. The number of benzene rings is 2. The second-order valence-electron chi connectivity index (χ2n) is 6.08. The van der Waals surface area contributed by atoms with Crippen LogP contribution in [-0.4, -0.2) is 43.2 Å². The second kappa shape index (κ2) is 7.81. The van der Waals surface area contributed by atoms with Gasteiger partial charge in [0.1, 0.15) is 12.4 Å². The first-order valence-electron chi connectivity index (χ1n) is 8.17. The number of carbonyl (C=O) groups excluding carboxylic acids is 1. The molecular formula is C19H22FN2OS+. The Morgan fingerprint density at radius 3 is 2.50 bits per heavy atom. The Balaban J connectivity index is 1.54. The van der Waals surface area contributed by atoms with Crippen LogP contribution in [-0.2, 0) is 6.54 Å². The van der Waals surface area contributed by atoms with Crippen LogP contribution in [0.3, 0.4) is 0 Å². The molecular weight excluding hydrogens is 323 g/mol. The number of amides is 1. The number of rotatable bonds is 4. The van der Waals surface area contributed by atoms with Crippen molar-refractivity contribution in [2.75, 3.05) is 32.4 Å². The smallest absolute Gasteiger partial charge is 0.254 e. The van der Waals surface area contributed by atoms with Crippen molar-refractivity contribution >= 4 is 17.7 Å². The van der Waals surface area contributed by atoms with Gasteiger partial charge in [-0.3, -0.25) is 4.79 Å². The normalized spacial score (nSPS) is 15.5. The Kier molecular flexibility index (Phi) is 5.53. The number of carbonyl (C=O) groups is 1. The van der Waals surface area contributed by atoms with Crippen molar-refractivity contribution in [3.8, 4) is 0 Å². The van der Waals surface area contributed by atoms with Crippen LogP contribution in [0.5, 0.6) is 0 Å². The van der Waals surface area contributed by atoms with Crippen LogP contribution < -0.4 is 4.90 Å². The first kappa shape index (κ1) is 17.0. The molecule has 0 atom stereocenters. The molecule has 3 nitrogen and oxygen atoms in total. The molecule has 1 aliphatic rings. The van der Waals surface area contributed by atoms with Gasteiger partial charge in [-0.05, 0) is 36.6 Å². The van der Waals surface area contributed by atoms with Crippen molar-refractivity contribution < 1.29 is 14.1 Å². The molecule has 1 saturated heterocycles. The van der Waals surface area contributed by atoms with Crippen LogP contribution >= 0.6 is 11.8 Å². The van der Waals surface area contributed by atoms with Gasteiger partial charge in [-0.2, -0.15) is 0 Å². The van der Waals surface area contributed by atoms with Crippen LogP contribution in [0.15, 0.2) is 53.4 Å². The van der Waals surface area contributed by atoms with E-state index in [2.05, 4.69) is 30.5 Å². The lowest BCUT2D eigenvalue weighted by Crippen LogP contribution is -3.13. The highest BCUT2D eigenvalue weighted by Crippen LogP contribution is 2.14. The van der Waals surface area contributed by atoms with E-state index in [0.29, 0.717) is 18.7 Å². The zero-order valence-corrected chi connectivity index (χ0v) is 14.6. The maximum atomic E-state index is 13.3. The van der Waals surface area contributed by atoms with Gasteiger partial charge in [-0.15, -0.1) is 11.8 Å². The van der Waals surface area contributed by atoms with Crippen molar-refractivity contribution in [1.29, 1.82) is 0 Å². The summed E-state index contributed by atoms with van der Waals surface area (Å²) in [5.74, 6) is -0.434. The number of nitrogens with one attached hydrogen (secondary N) is 1. The van der Waals surface area contributed by atoms with Crippen molar-refractivity contribution in [2.24, 2.45) is 0 Å². The molecule has 0 bridgehead atoms. The molecule has 0 unspecified atom stereocenters. The number of hydrogen-bond acceptors (Lipinski definition) is 2. The quantitative estimate of drug-likeness (QED) is 0.859. The molecule has 126 valence electrons. The summed E-state index contributed by atoms with van der Waals surface area (Å²) < 4.78 is 13.3. The topological polar surface area (TPSA) is 24.8 Å². The van der Waals surface area contributed by atoms with E-state index in [1.165, 1.54) is 27.5 Å². The standard InChI is InChI=1S/C19H21FN2OS/c1-24-18-7-5-15(6-8-18)14-21-9-11-22(12-10-21)19(23)16-3-2-4-17(20)13-16/h2-8,13H,9-12,14H2,1H3/p+1. The summed E-state index contributed by atoms with van der Waals surface area (Å²) >= 11 is 1.75. The molecule has 1 aliphatic heterocycles. The summed E-state index contributed by atoms with van der Waals surface area (Å²) in [5.41, 5.74) is 1.76. The highest BCUT2D eigenvalue weighted by Gasteiger charge is 2.24. The average Bonchev–Trinajstić information content (AvgIpc) is 2.62. The highest BCUT2D eigenvalue weighted by atomic mass is 32.2. The Labute approximate surface area is 146 Å². The minimum absolute atomic E-state index is 0.0714. The molecule has 0 saturated carbocycles. The lowest BCUT2D eigenvalue weighted by atomic mass is 10.1.